The molecule has 4 rings (SSSR count). The van der Waals surface area contributed by atoms with Gasteiger partial charge in [0.25, 0.3) is 22.9 Å². The highest BCUT2D eigenvalue weighted by molar-refractivity contribution is 5.96. The van der Waals surface area contributed by atoms with Gasteiger partial charge in [0.2, 0.25) is 0 Å². The number of nitrogens with zero attached hydrogens (tertiary/aromatic N) is 4. The lowest BCUT2D eigenvalue weighted by Crippen LogP contribution is -2.44. The zero-order valence-electron chi connectivity index (χ0n) is 28.5. The van der Waals surface area contributed by atoms with Gasteiger partial charge in [0.05, 0.1) is 13.2 Å². The summed E-state index contributed by atoms with van der Waals surface area (Å²) in [7, 11) is 0. The Morgan fingerprint density at radius 3 is 1.52 bits per heavy atom. The number of aliphatic hydroxyl groups is 1. The summed E-state index contributed by atoms with van der Waals surface area (Å²) in [5, 5.41) is 9.70. The van der Waals surface area contributed by atoms with Crippen molar-refractivity contribution in [1.82, 2.24) is 18.3 Å². The van der Waals surface area contributed by atoms with E-state index in [4.69, 9.17) is 9.47 Å². The number of carbonyl (C=O) groups is 2. The van der Waals surface area contributed by atoms with Crippen LogP contribution in [0.3, 0.4) is 0 Å². The highest BCUT2D eigenvalue weighted by Gasteiger charge is 2.18. The Balaban J connectivity index is 1.14. The topological polar surface area (TPSA) is 161 Å². The molecular weight excluding hydrogens is 644 g/mol. The number of hydrogen-bond acceptors (Lipinski definition) is 9. The Hall–Kier alpha value is -4.98. The van der Waals surface area contributed by atoms with Crippen LogP contribution in [0.15, 0.2) is 92.2 Å². The molecule has 2 aromatic heterocycles. The van der Waals surface area contributed by atoms with Gasteiger partial charge in [0.15, 0.2) is 0 Å². The molecule has 1 N–H and O–H groups in total. The van der Waals surface area contributed by atoms with Crippen LogP contribution >= 0.6 is 0 Å². The van der Waals surface area contributed by atoms with Crippen molar-refractivity contribution in [2.75, 3.05) is 26.4 Å². The summed E-state index contributed by atoms with van der Waals surface area (Å²) in [4.78, 5) is 76.9. The highest BCUT2D eigenvalue weighted by Crippen LogP contribution is 2.05. The van der Waals surface area contributed by atoms with Gasteiger partial charge >= 0.3 is 11.4 Å². The maximum absolute atomic E-state index is 13.0. The molecule has 4 aromatic rings. The number of rotatable bonds is 18. The second-order valence-electron chi connectivity index (χ2n) is 12.1. The van der Waals surface area contributed by atoms with Crippen molar-refractivity contribution >= 4 is 11.8 Å². The molecule has 0 aliphatic rings. The fraction of sp³-hybridized carbons (Fsp3) is 0.405. The van der Waals surface area contributed by atoms with Crippen LogP contribution in [0.25, 0.3) is 0 Å². The van der Waals surface area contributed by atoms with Gasteiger partial charge in [-0.15, -0.1) is 0 Å². The van der Waals surface area contributed by atoms with Crippen molar-refractivity contribution < 1.29 is 24.2 Å². The van der Waals surface area contributed by atoms with Crippen LogP contribution in [0.4, 0.5) is 0 Å². The number of aromatic nitrogens is 4. The normalized spacial score (nSPS) is 11.8. The Kier molecular flexibility index (Phi) is 14.1. The Morgan fingerprint density at radius 2 is 1.08 bits per heavy atom. The van der Waals surface area contributed by atoms with Gasteiger partial charge in [0.1, 0.15) is 6.10 Å². The number of aliphatic hydroxyl groups excluding tert-OH is 1. The predicted octanol–water partition coefficient (Wildman–Crippen LogP) is 2.76. The van der Waals surface area contributed by atoms with Gasteiger partial charge in [0, 0.05) is 61.0 Å². The number of carbonyl (C=O) groups excluding carboxylic acids is 2. The van der Waals surface area contributed by atoms with Crippen LogP contribution in [0.2, 0.25) is 0 Å². The van der Waals surface area contributed by atoms with Gasteiger partial charge in [-0.05, 0) is 76.6 Å². The quantitative estimate of drug-likeness (QED) is 0.155. The molecule has 50 heavy (non-hydrogen) atoms. The zero-order valence-corrected chi connectivity index (χ0v) is 28.5. The molecule has 2 aromatic carbocycles. The van der Waals surface area contributed by atoms with E-state index in [0.29, 0.717) is 72.2 Å². The standard InChI is InChI=1S/C37H44N4O9/c1-27-23-38(36(47)40(32(27)43)34(45)29-15-7-3-8-16-29)19-11-5-13-21-49-26-31(25-42)50-22-14-6-12-20-39-24-28(2)33(44)41(37(39)48)35(46)30-17-9-4-10-18-30/h3-4,7-10,15-18,23-24,31,42H,5-6,11-14,19-22,25-26H2,1-2H3. The van der Waals surface area contributed by atoms with E-state index >= 15 is 0 Å². The average molecular weight is 689 g/mol. The molecule has 0 aliphatic carbocycles. The first-order valence-corrected chi connectivity index (χ1v) is 16.8. The number of unbranched alkanes of at least 4 members (excludes halogenated alkanes) is 4. The van der Waals surface area contributed by atoms with Gasteiger partial charge in [-0.25, -0.2) is 9.59 Å². The minimum atomic E-state index is -0.673. The maximum Gasteiger partial charge on any atom is 0.338 e. The molecule has 2 heterocycles. The molecule has 13 heteroatoms. The third-order valence-electron chi connectivity index (χ3n) is 8.19. The molecular formula is C37H44N4O9. The van der Waals surface area contributed by atoms with E-state index in [1.807, 2.05) is 0 Å². The Morgan fingerprint density at radius 1 is 0.640 bits per heavy atom. The predicted molar refractivity (Wildman–Crippen MR) is 187 cm³/mol. The van der Waals surface area contributed by atoms with E-state index in [1.165, 1.54) is 21.5 Å². The molecule has 1 unspecified atom stereocenters. The molecule has 0 amide bonds. The van der Waals surface area contributed by atoms with E-state index in [0.717, 1.165) is 12.8 Å². The SMILES string of the molecule is Cc1cn(CCCCCOCC(CO)OCCCCCn2cc(C)c(=O)n(C(=O)c3ccccc3)c2=O)c(=O)n(C(=O)c2ccccc2)c1=O. The van der Waals surface area contributed by atoms with Crippen LogP contribution in [0, 0.1) is 13.8 Å². The molecule has 0 saturated carbocycles. The molecule has 0 bridgehead atoms. The summed E-state index contributed by atoms with van der Waals surface area (Å²) in [5.74, 6) is -1.31. The van der Waals surface area contributed by atoms with Gasteiger partial charge in [-0.3, -0.25) is 28.3 Å². The zero-order chi connectivity index (χ0) is 36.0. The third-order valence-corrected chi connectivity index (χ3v) is 8.19. The van der Waals surface area contributed by atoms with E-state index in [1.54, 1.807) is 74.5 Å². The lowest BCUT2D eigenvalue weighted by molar-refractivity contribution is -0.0438. The monoisotopic (exact) mass is 688 g/mol. The summed E-state index contributed by atoms with van der Waals surface area (Å²) in [6, 6.07) is 16.4. The van der Waals surface area contributed by atoms with Crippen molar-refractivity contribution in [3.05, 3.63) is 137 Å². The van der Waals surface area contributed by atoms with E-state index in [-0.39, 0.29) is 24.3 Å². The molecule has 0 fully saturated rings. The van der Waals surface area contributed by atoms with E-state index < -0.39 is 40.4 Å². The summed E-state index contributed by atoms with van der Waals surface area (Å²) in [5.41, 5.74) is -1.47. The minimum Gasteiger partial charge on any atom is -0.394 e. The van der Waals surface area contributed by atoms with Crippen LogP contribution in [0.5, 0.6) is 0 Å². The highest BCUT2D eigenvalue weighted by atomic mass is 16.5. The maximum atomic E-state index is 13.0. The molecule has 0 saturated heterocycles. The average Bonchev–Trinajstić information content (AvgIpc) is 3.13. The van der Waals surface area contributed by atoms with E-state index in [2.05, 4.69) is 0 Å². The summed E-state index contributed by atoms with van der Waals surface area (Å²) < 4.78 is 15.6. The Labute approximate surface area is 289 Å². The van der Waals surface area contributed by atoms with Gasteiger partial charge in [-0.2, -0.15) is 9.13 Å². The molecule has 0 aliphatic heterocycles. The fourth-order valence-electron chi connectivity index (χ4n) is 5.41. The van der Waals surface area contributed by atoms with E-state index in [9.17, 15) is 33.9 Å². The van der Waals surface area contributed by atoms with Crippen LogP contribution in [0.1, 0.15) is 70.4 Å². The first kappa shape index (κ1) is 37.8. The minimum absolute atomic E-state index is 0.203. The number of hydrogen-bond donors (Lipinski definition) is 1. The van der Waals surface area contributed by atoms with Crippen molar-refractivity contribution in [2.24, 2.45) is 0 Å². The van der Waals surface area contributed by atoms with Crippen molar-refractivity contribution in [3.63, 3.8) is 0 Å². The number of benzene rings is 2. The molecule has 13 nitrogen and oxygen atoms in total. The van der Waals surface area contributed by atoms with Crippen molar-refractivity contribution in [1.29, 1.82) is 0 Å². The van der Waals surface area contributed by atoms with Gasteiger partial charge in [-0.1, -0.05) is 36.4 Å². The van der Waals surface area contributed by atoms with Crippen molar-refractivity contribution in [2.45, 2.75) is 71.6 Å². The smallest absolute Gasteiger partial charge is 0.338 e. The molecule has 0 spiro atoms. The fourth-order valence-corrected chi connectivity index (χ4v) is 5.41. The molecule has 0 radical (unpaired) electrons. The molecule has 1 atom stereocenters. The largest absolute Gasteiger partial charge is 0.394 e. The van der Waals surface area contributed by atoms with Crippen LogP contribution in [-0.4, -0.2) is 67.7 Å². The van der Waals surface area contributed by atoms with Crippen LogP contribution in [-0.2, 0) is 22.6 Å². The van der Waals surface area contributed by atoms with Crippen LogP contribution < -0.4 is 22.5 Å². The third kappa shape index (κ3) is 9.80. The van der Waals surface area contributed by atoms with Gasteiger partial charge < -0.3 is 14.6 Å². The number of ether oxygens (including phenoxy) is 2. The lowest BCUT2D eigenvalue weighted by atomic mass is 10.2. The summed E-state index contributed by atoms with van der Waals surface area (Å²) in [6.07, 6.45) is 6.57. The Bertz CT molecular complexity index is 1980. The molecule has 266 valence electrons. The lowest BCUT2D eigenvalue weighted by Gasteiger charge is -2.16. The second-order valence-corrected chi connectivity index (χ2v) is 12.1. The van der Waals surface area contributed by atoms with Crippen molar-refractivity contribution in [3.8, 4) is 0 Å². The first-order chi connectivity index (χ1) is 24.1. The summed E-state index contributed by atoms with van der Waals surface area (Å²) >= 11 is 0. The first-order valence-electron chi connectivity index (χ1n) is 16.8. The second kappa shape index (κ2) is 18.7. The number of aryl methyl sites for hydroxylation is 4. The summed E-state index contributed by atoms with van der Waals surface area (Å²) in [6.45, 7) is 4.65.